The van der Waals surface area contributed by atoms with Gasteiger partial charge in [0.15, 0.2) is 18.9 Å². The van der Waals surface area contributed by atoms with E-state index in [-0.39, 0.29) is 32.1 Å². The highest BCUT2D eigenvalue weighted by atomic mass is 16.8. The monoisotopic (exact) mass is 711 g/mol. The summed E-state index contributed by atoms with van der Waals surface area (Å²) in [6, 6.07) is -3.65. The third kappa shape index (κ3) is 10.2. The number of hydrogen-bond donors (Lipinski definition) is 13. The van der Waals surface area contributed by atoms with Gasteiger partial charge in [-0.15, -0.1) is 0 Å². The summed E-state index contributed by atoms with van der Waals surface area (Å²) in [6.07, 6.45) is -14.1. The minimum absolute atomic E-state index is 0.00295. The summed E-state index contributed by atoms with van der Waals surface area (Å²) in [4.78, 5) is 12.7. The van der Waals surface area contributed by atoms with Crippen molar-refractivity contribution in [1.82, 2.24) is 10.6 Å². The minimum Gasteiger partial charge on any atom is -0.394 e. The zero-order valence-corrected chi connectivity index (χ0v) is 27.5. The summed E-state index contributed by atoms with van der Waals surface area (Å²) < 4.78 is 35.7. The van der Waals surface area contributed by atoms with Crippen molar-refractivity contribution in [2.45, 2.75) is 136 Å². The van der Waals surface area contributed by atoms with Gasteiger partial charge in [-0.2, -0.15) is 0 Å². The number of rotatable bonds is 16. The van der Waals surface area contributed by atoms with Gasteiger partial charge in [-0.05, 0) is 51.7 Å². The first kappa shape index (κ1) is 40.5. The van der Waals surface area contributed by atoms with E-state index in [0.29, 0.717) is 32.5 Å². The first-order chi connectivity index (χ1) is 23.4. The van der Waals surface area contributed by atoms with E-state index < -0.39 is 110 Å². The Hall–Kier alpha value is -1.25. The van der Waals surface area contributed by atoms with Crippen molar-refractivity contribution in [3.63, 3.8) is 0 Å². The van der Waals surface area contributed by atoms with Crippen LogP contribution in [0, 0.1) is 0 Å². The molecule has 0 aromatic heterocycles. The van der Waals surface area contributed by atoms with Crippen molar-refractivity contribution in [3.8, 4) is 0 Å². The van der Waals surface area contributed by atoms with Gasteiger partial charge in [-0.3, -0.25) is 4.79 Å². The highest BCUT2D eigenvalue weighted by Gasteiger charge is 2.53. The summed E-state index contributed by atoms with van der Waals surface area (Å²) >= 11 is 0. The maximum Gasteiger partial charge on any atom is 0.249 e. The Morgan fingerprint density at radius 2 is 1.57 bits per heavy atom. The third-order valence-corrected chi connectivity index (χ3v) is 9.40. The lowest BCUT2D eigenvalue weighted by Gasteiger charge is -2.46. The number of hydrogen-bond acceptors (Lipinski definition) is 19. The van der Waals surface area contributed by atoms with Crippen LogP contribution in [-0.4, -0.2) is 180 Å². The second kappa shape index (κ2) is 19.0. The van der Waals surface area contributed by atoms with Gasteiger partial charge in [0.1, 0.15) is 54.9 Å². The quantitative estimate of drug-likeness (QED) is 0.0661. The van der Waals surface area contributed by atoms with Crippen LogP contribution in [0.3, 0.4) is 0 Å². The zero-order valence-electron chi connectivity index (χ0n) is 27.5. The molecule has 0 unspecified atom stereocenters. The Kier molecular flexibility index (Phi) is 15.7. The number of nitrogens with one attached hydrogen (secondary N) is 2. The van der Waals surface area contributed by atoms with E-state index in [9.17, 15) is 35.4 Å². The van der Waals surface area contributed by atoms with Crippen molar-refractivity contribution in [3.05, 3.63) is 0 Å². The van der Waals surface area contributed by atoms with Crippen LogP contribution in [-0.2, 0) is 33.2 Å². The van der Waals surface area contributed by atoms with Crippen LogP contribution in [0.1, 0.15) is 32.1 Å². The predicted octanol–water partition coefficient (Wildman–Crippen LogP) is -7.32. The summed E-state index contributed by atoms with van der Waals surface area (Å²) in [6.45, 7) is 0.914. The lowest BCUT2D eigenvalue weighted by molar-refractivity contribution is -0.288. The van der Waals surface area contributed by atoms with Crippen molar-refractivity contribution in [2.75, 3.05) is 39.4 Å². The zero-order chi connectivity index (χ0) is 35.8. The van der Waals surface area contributed by atoms with Crippen molar-refractivity contribution < 1.29 is 63.9 Å². The van der Waals surface area contributed by atoms with Crippen molar-refractivity contribution >= 4 is 5.91 Å². The summed E-state index contributed by atoms with van der Waals surface area (Å²) in [5.74, 6) is -0.774. The van der Waals surface area contributed by atoms with E-state index in [4.69, 9.17) is 57.1 Å². The number of carbonyl (C=O) groups excluding carboxylic acids is 1. The first-order valence-electron chi connectivity index (χ1n) is 17.0. The Bertz CT molecular complexity index is 1010. The summed E-state index contributed by atoms with van der Waals surface area (Å²) in [7, 11) is 0. The molecule has 0 aromatic carbocycles. The lowest BCUT2D eigenvalue weighted by Crippen LogP contribution is -2.67. The lowest BCUT2D eigenvalue weighted by atomic mass is 9.83. The Balaban J connectivity index is 1.51. The molecular weight excluding hydrogens is 654 g/mol. The molecule has 20 heteroatoms. The second-order valence-electron chi connectivity index (χ2n) is 13.2. The van der Waals surface area contributed by atoms with Crippen LogP contribution >= 0.6 is 0 Å². The van der Waals surface area contributed by atoms with E-state index in [0.717, 1.165) is 6.42 Å². The van der Waals surface area contributed by atoms with Gasteiger partial charge in [-0.1, -0.05) is 0 Å². The van der Waals surface area contributed by atoms with Crippen molar-refractivity contribution in [1.29, 1.82) is 0 Å². The molecule has 0 aromatic rings. The molecule has 4 aliphatic rings. The molecule has 0 spiro atoms. The van der Waals surface area contributed by atoms with Gasteiger partial charge in [0.25, 0.3) is 0 Å². The Morgan fingerprint density at radius 3 is 2.27 bits per heavy atom. The van der Waals surface area contributed by atoms with Crippen LogP contribution in [0.15, 0.2) is 0 Å². The standard InChI is InChI=1S/C29H57N7O13/c30-5-1-7-35-9-12-2-3-13(32)27(45-12)47-23-14(33)8-15(36-26(43)16(38)4-6-31)20(40)25(23)49-29-22(42)24(18(10-37)46-29)48-28-19(34)21(41)17(39)11-44-28/h12-25,27-29,35,37-42H,1-11,30-34H2,(H,36,43)/t12-,13+,14-,15+,16+,17+,18+,19+,20-,21-,22+,23+,24+,25+,27+,28+,29-/m0/s1. The average molecular weight is 712 g/mol. The molecule has 17 atom stereocenters. The Morgan fingerprint density at radius 1 is 0.857 bits per heavy atom. The van der Waals surface area contributed by atoms with Crippen LogP contribution in [0.25, 0.3) is 0 Å². The second-order valence-corrected chi connectivity index (χ2v) is 13.2. The van der Waals surface area contributed by atoms with Gasteiger partial charge in [-0.25, -0.2) is 0 Å². The molecule has 18 N–H and O–H groups in total. The number of carbonyl (C=O) groups is 1. The van der Waals surface area contributed by atoms with E-state index in [1.54, 1.807) is 0 Å². The summed E-state index contributed by atoms with van der Waals surface area (Å²) in [5.41, 5.74) is 30.0. The molecule has 3 saturated heterocycles. The minimum atomic E-state index is -1.60. The molecule has 0 radical (unpaired) electrons. The van der Waals surface area contributed by atoms with Crippen LogP contribution in [0.4, 0.5) is 0 Å². The van der Waals surface area contributed by atoms with Gasteiger partial charge in [0.2, 0.25) is 5.91 Å². The maximum absolute atomic E-state index is 12.7. The molecule has 49 heavy (non-hydrogen) atoms. The highest BCUT2D eigenvalue weighted by Crippen LogP contribution is 2.34. The molecule has 4 rings (SSSR count). The van der Waals surface area contributed by atoms with E-state index >= 15 is 0 Å². The number of amides is 1. The number of aliphatic hydroxyl groups is 6. The molecule has 286 valence electrons. The molecule has 0 bridgehead atoms. The fourth-order valence-electron chi connectivity index (χ4n) is 6.48. The van der Waals surface area contributed by atoms with Crippen LogP contribution in [0.5, 0.6) is 0 Å². The van der Waals surface area contributed by atoms with Gasteiger partial charge < -0.3 is 98.4 Å². The fourth-order valence-corrected chi connectivity index (χ4v) is 6.48. The van der Waals surface area contributed by atoms with Gasteiger partial charge in [0.05, 0.1) is 37.4 Å². The normalized spacial score (nSPS) is 43.7. The smallest absolute Gasteiger partial charge is 0.249 e. The number of ether oxygens (including phenoxy) is 6. The third-order valence-electron chi connectivity index (χ3n) is 9.40. The Labute approximate surface area is 284 Å². The highest BCUT2D eigenvalue weighted by molar-refractivity contribution is 5.80. The molecule has 3 aliphatic heterocycles. The van der Waals surface area contributed by atoms with E-state index in [1.807, 2.05) is 0 Å². The van der Waals surface area contributed by atoms with Crippen molar-refractivity contribution in [2.24, 2.45) is 28.7 Å². The molecular formula is C29H57N7O13. The average Bonchev–Trinajstić information content (AvgIpc) is 3.37. The number of nitrogens with two attached hydrogens (primary N) is 5. The molecule has 20 nitrogen and oxygen atoms in total. The van der Waals surface area contributed by atoms with E-state index in [1.165, 1.54) is 0 Å². The van der Waals surface area contributed by atoms with Gasteiger partial charge in [0, 0.05) is 12.6 Å². The van der Waals surface area contributed by atoms with Crippen LogP contribution < -0.4 is 39.3 Å². The van der Waals surface area contributed by atoms with Gasteiger partial charge >= 0.3 is 0 Å². The largest absolute Gasteiger partial charge is 0.394 e. The van der Waals surface area contributed by atoms with E-state index in [2.05, 4.69) is 10.6 Å². The molecule has 1 amide bonds. The molecule has 4 fully saturated rings. The molecule has 3 heterocycles. The number of aliphatic hydroxyl groups excluding tert-OH is 6. The first-order valence-corrected chi connectivity index (χ1v) is 17.0. The SMILES string of the molecule is NCCCNC[C@@H]1CC[C@@H](N)[C@@H](O[C@H]2[C@H](O[C@@H]3O[C@H](CO)[C@@H](O[C@H]4OC[C@@H](O)[C@H](O)[C@H]4N)[C@H]3O)[C@@H](O)[C@H](NC(=O)[C@H](O)CCN)C[C@@H]2N)O1. The maximum atomic E-state index is 12.7. The predicted molar refractivity (Wildman–Crippen MR) is 169 cm³/mol. The fraction of sp³-hybridized carbons (Fsp3) is 0.966. The molecule has 1 saturated carbocycles. The summed E-state index contributed by atoms with van der Waals surface area (Å²) in [5, 5.41) is 69.0. The van der Waals surface area contributed by atoms with Crippen LogP contribution in [0.2, 0.25) is 0 Å². The molecule has 1 aliphatic carbocycles. The topological polar surface area (TPSA) is 348 Å².